The van der Waals surface area contributed by atoms with Gasteiger partial charge >= 0.3 is 17.6 Å². The van der Waals surface area contributed by atoms with E-state index in [0.29, 0.717) is 16.7 Å². The molecular formula is C28H26ClN5O7. The standard InChI is InChI=1S/C28H26ClN5O7/c1-17-22(24(29)34(31-17)14-19-11-7-4-8-12-19)27(38)41-16-20(35)23-25(30)32(13-18-9-5-3-6-10-18)28(39)33(26(23)37)15-21(36)40-2/h3-12H,13-16,30H2,1-2H3. The third-order valence-corrected chi connectivity index (χ3v) is 6.61. The van der Waals surface area contributed by atoms with E-state index in [1.807, 2.05) is 30.3 Å². The third kappa shape index (κ3) is 6.28. The van der Waals surface area contributed by atoms with Gasteiger partial charge < -0.3 is 15.2 Å². The van der Waals surface area contributed by atoms with Crippen LogP contribution in [-0.4, -0.2) is 50.4 Å². The Morgan fingerprint density at radius 3 is 2.07 bits per heavy atom. The summed E-state index contributed by atoms with van der Waals surface area (Å²) < 4.78 is 12.8. The molecule has 0 bridgehead atoms. The maximum atomic E-state index is 13.2. The molecule has 0 amide bonds. The molecule has 212 valence electrons. The van der Waals surface area contributed by atoms with E-state index in [1.54, 1.807) is 37.3 Å². The van der Waals surface area contributed by atoms with Crippen molar-refractivity contribution in [3.63, 3.8) is 0 Å². The van der Waals surface area contributed by atoms with E-state index in [2.05, 4.69) is 9.84 Å². The number of hydrogen-bond acceptors (Lipinski definition) is 9. The molecule has 0 spiro atoms. The molecule has 2 N–H and O–H groups in total. The fourth-order valence-corrected chi connectivity index (χ4v) is 4.46. The summed E-state index contributed by atoms with van der Waals surface area (Å²) in [4.78, 5) is 64.4. The lowest BCUT2D eigenvalue weighted by atomic mass is 10.1. The second-order valence-electron chi connectivity index (χ2n) is 8.98. The van der Waals surface area contributed by atoms with Crippen LogP contribution < -0.4 is 17.0 Å². The first-order valence-corrected chi connectivity index (χ1v) is 12.7. The van der Waals surface area contributed by atoms with Crippen molar-refractivity contribution in [1.82, 2.24) is 18.9 Å². The van der Waals surface area contributed by atoms with Gasteiger partial charge in [0.05, 0.1) is 25.9 Å². The van der Waals surface area contributed by atoms with Gasteiger partial charge in [-0.05, 0) is 18.1 Å². The van der Waals surface area contributed by atoms with Gasteiger partial charge in [0.2, 0.25) is 5.78 Å². The summed E-state index contributed by atoms with van der Waals surface area (Å²) in [6.45, 7) is 0.126. The number of ketones is 1. The first-order chi connectivity index (χ1) is 19.6. The number of rotatable bonds is 10. The Labute approximate surface area is 238 Å². The van der Waals surface area contributed by atoms with E-state index < -0.39 is 53.5 Å². The number of nitrogen functional groups attached to an aromatic ring is 1. The number of nitrogens with zero attached hydrogens (tertiary/aromatic N) is 4. The maximum absolute atomic E-state index is 13.2. The average molecular weight is 580 g/mol. The molecule has 0 unspecified atom stereocenters. The van der Waals surface area contributed by atoms with E-state index in [9.17, 15) is 24.0 Å². The van der Waals surface area contributed by atoms with Crippen LogP contribution in [0.4, 0.5) is 5.82 Å². The summed E-state index contributed by atoms with van der Waals surface area (Å²) in [6, 6.07) is 18.0. The number of carbonyl (C=O) groups excluding carboxylic acids is 3. The van der Waals surface area contributed by atoms with E-state index >= 15 is 0 Å². The van der Waals surface area contributed by atoms with Gasteiger partial charge in [-0.1, -0.05) is 72.3 Å². The van der Waals surface area contributed by atoms with Crippen LogP contribution >= 0.6 is 11.6 Å². The van der Waals surface area contributed by atoms with Crippen LogP contribution in [0.3, 0.4) is 0 Å². The van der Waals surface area contributed by atoms with Gasteiger partial charge in [-0.2, -0.15) is 5.10 Å². The average Bonchev–Trinajstić information content (AvgIpc) is 3.25. The molecule has 0 saturated carbocycles. The van der Waals surface area contributed by atoms with Crippen molar-refractivity contribution < 1.29 is 23.9 Å². The Balaban J connectivity index is 1.62. The molecule has 0 fully saturated rings. The largest absolute Gasteiger partial charge is 0.468 e. The number of carbonyl (C=O) groups is 3. The van der Waals surface area contributed by atoms with Crippen molar-refractivity contribution in [3.05, 3.63) is 115 Å². The Bertz CT molecular complexity index is 1730. The summed E-state index contributed by atoms with van der Waals surface area (Å²) in [5.41, 5.74) is 5.29. The lowest BCUT2D eigenvalue weighted by molar-refractivity contribution is -0.141. The quantitative estimate of drug-likeness (QED) is 0.219. The number of Topliss-reactive ketones (excluding diaryl/α,β-unsaturated/α-hetero) is 1. The number of aromatic nitrogens is 4. The molecule has 0 atom stereocenters. The zero-order valence-corrected chi connectivity index (χ0v) is 23.0. The van der Waals surface area contributed by atoms with Crippen LogP contribution in [0, 0.1) is 6.92 Å². The zero-order valence-electron chi connectivity index (χ0n) is 22.2. The topological polar surface area (TPSA) is 158 Å². The molecule has 4 aromatic rings. The predicted molar refractivity (Wildman–Crippen MR) is 149 cm³/mol. The van der Waals surface area contributed by atoms with Gasteiger partial charge in [0.1, 0.15) is 28.6 Å². The zero-order chi connectivity index (χ0) is 29.7. The lowest BCUT2D eigenvalue weighted by Crippen LogP contribution is -2.46. The highest BCUT2D eigenvalue weighted by Crippen LogP contribution is 2.22. The molecule has 12 nitrogen and oxygen atoms in total. The SMILES string of the molecule is COC(=O)Cn1c(=O)c(C(=O)COC(=O)c2c(C)nn(Cc3ccccc3)c2Cl)c(N)n(Cc2ccccc2)c1=O. The van der Waals surface area contributed by atoms with Crippen molar-refractivity contribution in [3.8, 4) is 0 Å². The Kier molecular flexibility index (Phi) is 8.83. The van der Waals surface area contributed by atoms with Gasteiger partial charge in [-0.25, -0.2) is 18.8 Å². The molecule has 41 heavy (non-hydrogen) atoms. The summed E-state index contributed by atoms with van der Waals surface area (Å²) in [5, 5.41) is 4.31. The second-order valence-corrected chi connectivity index (χ2v) is 9.33. The molecule has 13 heteroatoms. The summed E-state index contributed by atoms with van der Waals surface area (Å²) in [5.74, 6) is -3.24. The highest BCUT2D eigenvalue weighted by atomic mass is 35.5. The van der Waals surface area contributed by atoms with Gasteiger partial charge in [0.15, 0.2) is 6.61 Å². The normalized spacial score (nSPS) is 10.8. The van der Waals surface area contributed by atoms with Crippen LogP contribution in [0.25, 0.3) is 0 Å². The number of nitrogens with two attached hydrogens (primary N) is 1. The minimum atomic E-state index is -1.12. The fraction of sp³-hybridized carbons (Fsp3) is 0.214. The second kappa shape index (κ2) is 12.5. The molecule has 2 heterocycles. The monoisotopic (exact) mass is 579 g/mol. The molecule has 0 aliphatic carbocycles. The maximum Gasteiger partial charge on any atom is 0.343 e. The molecule has 0 aliphatic rings. The van der Waals surface area contributed by atoms with E-state index in [4.69, 9.17) is 22.1 Å². The third-order valence-electron chi connectivity index (χ3n) is 6.22. The number of ether oxygens (including phenoxy) is 2. The van der Waals surface area contributed by atoms with Crippen LogP contribution in [0.2, 0.25) is 5.15 Å². The fourth-order valence-electron chi connectivity index (χ4n) is 4.15. The molecule has 0 radical (unpaired) electrons. The Morgan fingerprint density at radius 1 is 0.902 bits per heavy atom. The molecule has 2 aromatic heterocycles. The lowest BCUT2D eigenvalue weighted by Gasteiger charge is -2.16. The van der Waals surface area contributed by atoms with Crippen molar-refractivity contribution in [2.45, 2.75) is 26.6 Å². The minimum absolute atomic E-state index is 0.0140. The van der Waals surface area contributed by atoms with Crippen LogP contribution in [-0.2, 0) is 33.9 Å². The first-order valence-electron chi connectivity index (χ1n) is 12.3. The number of benzene rings is 2. The van der Waals surface area contributed by atoms with Crippen LogP contribution in [0.15, 0.2) is 70.3 Å². The summed E-state index contributed by atoms with van der Waals surface area (Å²) in [7, 11) is 1.09. The number of esters is 2. The van der Waals surface area contributed by atoms with Gasteiger partial charge in [-0.15, -0.1) is 0 Å². The van der Waals surface area contributed by atoms with Crippen LogP contribution in [0.1, 0.15) is 37.5 Å². The van der Waals surface area contributed by atoms with Crippen molar-refractivity contribution in [2.24, 2.45) is 0 Å². The van der Waals surface area contributed by atoms with Gasteiger partial charge in [0.25, 0.3) is 5.56 Å². The summed E-state index contributed by atoms with van der Waals surface area (Å²) >= 11 is 6.41. The predicted octanol–water partition coefficient (Wildman–Crippen LogP) is 2.06. The smallest absolute Gasteiger partial charge is 0.343 e. The number of halogens is 1. The number of hydrogen-bond donors (Lipinski definition) is 1. The summed E-state index contributed by atoms with van der Waals surface area (Å²) in [6.07, 6.45) is 0. The molecule has 2 aromatic carbocycles. The highest BCUT2D eigenvalue weighted by Gasteiger charge is 2.27. The Morgan fingerprint density at radius 2 is 1.49 bits per heavy atom. The molecule has 0 saturated heterocycles. The molecule has 0 aliphatic heterocycles. The number of anilines is 1. The number of aryl methyl sites for hydroxylation is 1. The van der Waals surface area contributed by atoms with Crippen molar-refractivity contribution in [1.29, 1.82) is 0 Å². The molecule has 4 rings (SSSR count). The first kappa shape index (κ1) is 29.0. The highest BCUT2D eigenvalue weighted by molar-refractivity contribution is 6.32. The van der Waals surface area contributed by atoms with Gasteiger partial charge in [-0.3, -0.25) is 19.0 Å². The van der Waals surface area contributed by atoms with Crippen molar-refractivity contribution >= 4 is 35.1 Å². The minimum Gasteiger partial charge on any atom is -0.468 e. The van der Waals surface area contributed by atoms with E-state index in [1.165, 1.54) is 4.68 Å². The van der Waals surface area contributed by atoms with Gasteiger partial charge in [0, 0.05) is 0 Å². The van der Waals surface area contributed by atoms with E-state index in [0.717, 1.165) is 17.2 Å². The number of methoxy groups -OCH3 is 1. The van der Waals surface area contributed by atoms with Crippen LogP contribution in [0.5, 0.6) is 0 Å². The van der Waals surface area contributed by atoms with Crippen molar-refractivity contribution in [2.75, 3.05) is 19.5 Å². The van der Waals surface area contributed by atoms with E-state index in [-0.39, 0.29) is 23.0 Å². The Hall–Kier alpha value is -4.97. The molecular weight excluding hydrogens is 554 g/mol.